The number of pyridine rings is 1. The molecule has 0 bridgehead atoms. The molecule has 106 valence electrons. The van der Waals surface area contributed by atoms with Crippen molar-refractivity contribution in [2.45, 2.75) is 32.2 Å². The molecule has 1 aromatic heterocycles. The van der Waals surface area contributed by atoms with Crippen molar-refractivity contribution in [2.75, 3.05) is 12.4 Å². The molecule has 3 rings (SSSR count). The molecule has 2 aromatic rings. The summed E-state index contributed by atoms with van der Waals surface area (Å²) in [6, 6.07) is 10.6. The summed E-state index contributed by atoms with van der Waals surface area (Å²) in [6.45, 7) is 1.94. The molecule has 0 unspecified atom stereocenters. The summed E-state index contributed by atoms with van der Waals surface area (Å²) in [7, 11) is 0. The van der Waals surface area contributed by atoms with Crippen LogP contribution >= 0.6 is 11.6 Å². The van der Waals surface area contributed by atoms with Gasteiger partial charge in [0.05, 0.1) is 5.52 Å². The summed E-state index contributed by atoms with van der Waals surface area (Å²) in [6.07, 6.45) is 7.03. The van der Waals surface area contributed by atoms with E-state index in [2.05, 4.69) is 34.6 Å². The number of hydrogen-bond donors (Lipinski definition) is 1. The topological polar surface area (TPSA) is 24.9 Å². The number of benzene rings is 1. The lowest BCUT2D eigenvalue weighted by molar-refractivity contribution is 0.320. The first-order valence-electron chi connectivity index (χ1n) is 7.42. The fraction of sp³-hybridized carbons (Fsp3) is 0.471. The van der Waals surface area contributed by atoms with Crippen molar-refractivity contribution in [1.29, 1.82) is 0 Å². The molecule has 1 aromatic carbocycles. The Balaban J connectivity index is 1.62. The smallest absolute Gasteiger partial charge is 0.0702 e. The molecular weight excluding hydrogens is 268 g/mol. The van der Waals surface area contributed by atoms with Gasteiger partial charge in [0.2, 0.25) is 0 Å². The molecule has 0 saturated heterocycles. The van der Waals surface area contributed by atoms with E-state index < -0.39 is 0 Å². The Morgan fingerprint density at radius 3 is 2.85 bits per heavy atom. The summed E-state index contributed by atoms with van der Waals surface area (Å²) >= 11 is 6.18. The Kier molecular flexibility index (Phi) is 4.23. The van der Waals surface area contributed by atoms with E-state index in [0.29, 0.717) is 5.41 Å². The highest BCUT2D eigenvalue weighted by atomic mass is 35.5. The molecular formula is C17H21ClN2. The Bertz CT molecular complexity index is 576. The van der Waals surface area contributed by atoms with Crippen LogP contribution in [0.2, 0.25) is 0 Å². The number of nitrogens with zero attached hydrogens (tertiary/aromatic N) is 1. The Morgan fingerprint density at radius 2 is 2.05 bits per heavy atom. The third-order valence-corrected chi connectivity index (χ3v) is 5.01. The molecule has 0 aliphatic heterocycles. The maximum Gasteiger partial charge on any atom is 0.0702 e. The van der Waals surface area contributed by atoms with Crippen molar-refractivity contribution in [3.8, 4) is 0 Å². The van der Waals surface area contributed by atoms with Crippen LogP contribution < -0.4 is 5.32 Å². The molecule has 3 heteroatoms. The number of fused-ring (bicyclic) bond motifs is 1. The minimum Gasteiger partial charge on any atom is -0.312 e. The van der Waals surface area contributed by atoms with Crippen LogP contribution in [0.1, 0.15) is 31.2 Å². The zero-order valence-corrected chi connectivity index (χ0v) is 12.5. The van der Waals surface area contributed by atoms with E-state index in [1.54, 1.807) is 0 Å². The second-order valence-corrected chi connectivity index (χ2v) is 6.24. The average Bonchev–Trinajstić information content (AvgIpc) is 2.96. The van der Waals surface area contributed by atoms with E-state index in [0.717, 1.165) is 24.5 Å². The van der Waals surface area contributed by atoms with Gasteiger partial charge in [-0.1, -0.05) is 25.0 Å². The molecule has 1 fully saturated rings. The molecule has 1 aliphatic carbocycles. The second kappa shape index (κ2) is 6.11. The Morgan fingerprint density at radius 1 is 1.20 bits per heavy atom. The highest BCUT2D eigenvalue weighted by Gasteiger charge is 2.32. The van der Waals surface area contributed by atoms with Gasteiger partial charge in [0.1, 0.15) is 0 Å². The molecule has 0 spiro atoms. The zero-order chi connectivity index (χ0) is 13.8. The first-order chi connectivity index (χ1) is 9.81. The maximum atomic E-state index is 6.18. The van der Waals surface area contributed by atoms with E-state index in [1.165, 1.54) is 36.6 Å². The lowest BCUT2D eigenvalue weighted by Crippen LogP contribution is -2.33. The monoisotopic (exact) mass is 288 g/mol. The molecule has 1 aliphatic rings. The van der Waals surface area contributed by atoms with Crippen LogP contribution in [0.15, 0.2) is 36.5 Å². The van der Waals surface area contributed by atoms with Gasteiger partial charge < -0.3 is 5.32 Å². The highest BCUT2D eigenvalue weighted by molar-refractivity contribution is 6.18. The quantitative estimate of drug-likeness (QED) is 0.837. The molecule has 0 amide bonds. The van der Waals surface area contributed by atoms with E-state index >= 15 is 0 Å². The van der Waals surface area contributed by atoms with Crippen molar-refractivity contribution < 1.29 is 0 Å². The molecule has 0 radical (unpaired) electrons. The van der Waals surface area contributed by atoms with Gasteiger partial charge in [-0.05, 0) is 42.0 Å². The SMILES string of the molecule is ClCC1(CNCc2ccc3ncccc3c2)CCCC1. The first kappa shape index (κ1) is 13.8. The average molecular weight is 289 g/mol. The first-order valence-corrected chi connectivity index (χ1v) is 7.95. The standard InChI is InChI=1S/C17H21ClN2/c18-12-17(7-1-2-8-17)13-19-11-14-5-6-16-15(10-14)4-3-9-20-16/h3-6,9-10,19H,1-2,7-8,11-13H2. The predicted octanol–water partition coefficient (Wildman–Crippen LogP) is 4.12. The zero-order valence-electron chi connectivity index (χ0n) is 11.7. The summed E-state index contributed by atoms with van der Waals surface area (Å²) < 4.78 is 0. The van der Waals surface area contributed by atoms with Gasteiger partial charge >= 0.3 is 0 Å². The summed E-state index contributed by atoms with van der Waals surface area (Å²) in [4.78, 5) is 4.35. The maximum absolute atomic E-state index is 6.18. The second-order valence-electron chi connectivity index (χ2n) is 5.97. The van der Waals surface area contributed by atoms with Crippen LogP contribution in [0.25, 0.3) is 10.9 Å². The van der Waals surface area contributed by atoms with Crippen LogP contribution in [-0.4, -0.2) is 17.4 Å². The number of alkyl halides is 1. The van der Waals surface area contributed by atoms with Crippen molar-refractivity contribution in [2.24, 2.45) is 5.41 Å². The van der Waals surface area contributed by atoms with Gasteiger partial charge in [0.25, 0.3) is 0 Å². The number of aromatic nitrogens is 1. The van der Waals surface area contributed by atoms with Gasteiger partial charge in [-0.25, -0.2) is 0 Å². The van der Waals surface area contributed by atoms with Crippen LogP contribution in [0.4, 0.5) is 0 Å². The van der Waals surface area contributed by atoms with E-state index in [-0.39, 0.29) is 0 Å². The highest BCUT2D eigenvalue weighted by Crippen LogP contribution is 2.38. The minimum atomic E-state index is 0.333. The number of rotatable bonds is 5. The van der Waals surface area contributed by atoms with E-state index in [1.807, 2.05) is 12.3 Å². The van der Waals surface area contributed by atoms with E-state index in [9.17, 15) is 0 Å². The third-order valence-electron chi connectivity index (χ3n) is 4.44. The van der Waals surface area contributed by atoms with Crippen LogP contribution in [0.5, 0.6) is 0 Å². The number of hydrogen-bond acceptors (Lipinski definition) is 2. The fourth-order valence-electron chi connectivity index (χ4n) is 3.19. The van der Waals surface area contributed by atoms with Gasteiger partial charge in [-0.2, -0.15) is 0 Å². The van der Waals surface area contributed by atoms with Gasteiger partial charge in [0.15, 0.2) is 0 Å². The van der Waals surface area contributed by atoms with E-state index in [4.69, 9.17) is 11.6 Å². The third kappa shape index (κ3) is 2.97. The summed E-state index contributed by atoms with van der Waals surface area (Å²) in [5.41, 5.74) is 2.71. The largest absolute Gasteiger partial charge is 0.312 e. The number of halogens is 1. The van der Waals surface area contributed by atoms with Gasteiger partial charge in [0, 0.05) is 30.6 Å². The normalized spacial score (nSPS) is 17.6. The molecule has 0 atom stereocenters. The van der Waals surface area contributed by atoms with Crippen LogP contribution in [-0.2, 0) is 6.54 Å². The summed E-state index contributed by atoms with van der Waals surface area (Å²) in [5.74, 6) is 0.779. The van der Waals surface area contributed by atoms with Gasteiger partial charge in [-0.15, -0.1) is 11.6 Å². The fourth-order valence-corrected chi connectivity index (χ4v) is 3.55. The Labute approximate surface area is 125 Å². The minimum absolute atomic E-state index is 0.333. The Hall–Kier alpha value is -1.12. The molecule has 1 saturated carbocycles. The van der Waals surface area contributed by atoms with Crippen molar-refractivity contribution in [3.63, 3.8) is 0 Å². The molecule has 2 nitrogen and oxygen atoms in total. The van der Waals surface area contributed by atoms with Crippen LogP contribution in [0, 0.1) is 5.41 Å². The van der Waals surface area contributed by atoms with Crippen molar-refractivity contribution in [3.05, 3.63) is 42.1 Å². The lowest BCUT2D eigenvalue weighted by Gasteiger charge is -2.26. The predicted molar refractivity (Wildman–Crippen MR) is 85.1 cm³/mol. The lowest BCUT2D eigenvalue weighted by atomic mass is 9.88. The summed E-state index contributed by atoms with van der Waals surface area (Å²) in [5, 5.41) is 4.80. The van der Waals surface area contributed by atoms with Crippen LogP contribution in [0.3, 0.4) is 0 Å². The molecule has 1 N–H and O–H groups in total. The van der Waals surface area contributed by atoms with Crippen molar-refractivity contribution >= 4 is 22.5 Å². The van der Waals surface area contributed by atoms with Gasteiger partial charge in [-0.3, -0.25) is 4.98 Å². The number of nitrogens with one attached hydrogen (secondary N) is 1. The van der Waals surface area contributed by atoms with Crippen molar-refractivity contribution in [1.82, 2.24) is 10.3 Å². The molecule has 20 heavy (non-hydrogen) atoms. The molecule has 1 heterocycles.